The maximum Gasteiger partial charge on any atom is 0.282 e. The van der Waals surface area contributed by atoms with Gasteiger partial charge in [0.15, 0.2) is 18.1 Å². The quantitative estimate of drug-likeness (QED) is 0.408. The van der Waals surface area contributed by atoms with Gasteiger partial charge in [-0.2, -0.15) is 5.10 Å². The summed E-state index contributed by atoms with van der Waals surface area (Å²) in [4.78, 5) is 22.5. The van der Waals surface area contributed by atoms with E-state index in [9.17, 15) is 14.9 Å². The number of nitrogens with zero attached hydrogens (tertiary/aromatic N) is 2. The van der Waals surface area contributed by atoms with Crippen molar-refractivity contribution in [2.75, 3.05) is 20.8 Å². The van der Waals surface area contributed by atoms with Gasteiger partial charge >= 0.3 is 0 Å². The lowest BCUT2D eigenvalue weighted by atomic mass is 10.1. The van der Waals surface area contributed by atoms with Gasteiger partial charge in [-0.3, -0.25) is 14.9 Å². The van der Waals surface area contributed by atoms with E-state index in [4.69, 9.17) is 25.8 Å². The molecule has 2 aromatic rings. The standard InChI is InChI=1S/C18H18ClN3O6/c1-11-6-13(4-5-14(11)19)28-10-18(23)21-20-9-12-7-16(26-2)17(27-3)8-15(12)22(24)25/h4-9H,10H2,1-3H3,(H,21,23)/b20-9-. The molecule has 0 heterocycles. The molecule has 0 bridgehead atoms. The monoisotopic (exact) mass is 407 g/mol. The highest BCUT2D eigenvalue weighted by Gasteiger charge is 2.18. The van der Waals surface area contributed by atoms with Gasteiger partial charge in [0, 0.05) is 5.02 Å². The Balaban J connectivity index is 2.03. The molecule has 2 aromatic carbocycles. The van der Waals surface area contributed by atoms with E-state index >= 15 is 0 Å². The molecule has 28 heavy (non-hydrogen) atoms. The summed E-state index contributed by atoms with van der Waals surface area (Å²) >= 11 is 5.93. The molecule has 0 aliphatic carbocycles. The van der Waals surface area contributed by atoms with Crippen LogP contribution in [0.15, 0.2) is 35.4 Å². The van der Waals surface area contributed by atoms with E-state index in [1.807, 2.05) is 6.92 Å². The van der Waals surface area contributed by atoms with Crippen molar-refractivity contribution < 1.29 is 23.9 Å². The molecule has 0 unspecified atom stereocenters. The molecular formula is C18H18ClN3O6. The average Bonchev–Trinajstić information content (AvgIpc) is 2.68. The van der Waals surface area contributed by atoms with Crippen molar-refractivity contribution in [3.63, 3.8) is 0 Å². The number of methoxy groups -OCH3 is 2. The van der Waals surface area contributed by atoms with E-state index in [-0.39, 0.29) is 23.6 Å². The van der Waals surface area contributed by atoms with Crippen LogP contribution in [0.3, 0.4) is 0 Å². The van der Waals surface area contributed by atoms with Crippen LogP contribution in [-0.4, -0.2) is 37.9 Å². The number of rotatable bonds is 8. The molecule has 0 radical (unpaired) electrons. The van der Waals surface area contributed by atoms with Gasteiger partial charge in [0.25, 0.3) is 11.6 Å². The molecule has 1 amide bonds. The van der Waals surface area contributed by atoms with Crippen LogP contribution >= 0.6 is 11.6 Å². The van der Waals surface area contributed by atoms with Crippen molar-refractivity contribution in [1.29, 1.82) is 0 Å². The third-order valence-electron chi connectivity index (χ3n) is 3.62. The number of benzene rings is 2. The molecule has 1 N–H and O–H groups in total. The number of amides is 1. The summed E-state index contributed by atoms with van der Waals surface area (Å²) in [7, 11) is 2.78. The lowest BCUT2D eigenvalue weighted by Crippen LogP contribution is -2.24. The zero-order chi connectivity index (χ0) is 20.7. The maximum absolute atomic E-state index is 11.8. The van der Waals surface area contributed by atoms with Crippen LogP contribution < -0.4 is 19.6 Å². The Bertz CT molecular complexity index is 916. The molecule has 0 aromatic heterocycles. The predicted octanol–water partition coefficient (Wildman–Crippen LogP) is 3.10. The highest BCUT2D eigenvalue weighted by Crippen LogP contribution is 2.33. The first kappa shape index (κ1) is 21.0. The third kappa shape index (κ3) is 5.34. The number of hydrogen-bond donors (Lipinski definition) is 1. The van der Waals surface area contributed by atoms with Gasteiger partial charge in [-0.25, -0.2) is 5.43 Å². The van der Waals surface area contributed by atoms with Crippen molar-refractivity contribution in [3.05, 3.63) is 56.6 Å². The van der Waals surface area contributed by atoms with Gasteiger partial charge in [0.1, 0.15) is 5.75 Å². The second-order valence-corrected chi connectivity index (χ2v) is 5.92. The zero-order valence-corrected chi connectivity index (χ0v) is 16.1. The fraction of sp³-hybridized carbons (Fsp3) is 0.222. The van der Waals surface area contributed by atoms with E-state index in [1.165, 1.54) is 26.4 Å². The molecule has 0 spiro atoms. The lowest BCUT2D eigenvalue weighted by Gasteiger charge is -2.08. The van der Waals surface area contributed by atoms with E-state index in [0.29, 0.717) is 16.5 Å². The largest absolute Gasteiger partial charge is 0.493 e. The smallest absolute Gasteiger partial charge is 0.282 e. The van der Waals surface area contributed by atoms with Gasteiger partial charge in [0.05, 0.1) is 37.0 Å². The molecule has 10 heteroatoms. The molecule has 0 fully saturated rings. The maximum atomic E-state index is 11.8. The van der Waals surface area contributed by atoms with E-state index < -0.39 is 10.8 Å². The number of carbonyl (C=O) groups is 1. The average molecular weight is 408 g/mol. The highest BCUT2D eigenvalue weighted by atomic mass is 35.5. The molecule has 0 saturated carbocycles. The van der Waals surface area contributed by atoms with Crippen LogP contribution in [0.2, 0.25) is 5.02 Å². The molecule has 0 atom stereocenters. The summed E-state index contributed by atoms with van der Waals surface area (Å²) in [5.74, 6) is 0.452. The van der Waals surface area contributed by atoms with Crippen molar-refractivity contribution in [3.8, 4) is 17.2 Å². The topological polar surface area (TPSA) is 112 Å². The summed E-state index contributed by atoms with van der Waals surface area (Å²) in [6.07, 6.45) is 1.14. The Kier molecular flexibility index (Phi) is 7.16. The lowest BCUT2D eigenvalue weighted by molar-refractivity contribution is -0.385. The van der Waals surface area contributed by atoms with Crippen LogP contribution in [0.1, 0.15) is 11.1 Å². The normalized spacial score (nSPS) is 10.6. The highest BCUT2D eigenvalue weighted by molar-refractivity contribution is 6.31. The first-order valence-electron chi connectivity index (χ1n) is 7.97. The van der Waals surface area contributed by atoms with Gasteiger partial charge < -0.3 is 14.2 Å². The third-order valence-corrected chi connectivity index (χ3v) is 4.05. The molecule has 0 aliphatic rings. The predicted molar refractivity (Wildman–Crippen MR) is 104 cm³/mol. The molecule has 148 valence electrons. The summed E-state index contributed by atoms with van der Waals surface area (Å²) in [5.41, 5.74) is 2.95. The first-order valence-corrected chi connectivity index (χ1v) is 8.34. The van der Waals surface area contributed by atoms with Crippen LogP contribution in [0.4, 0.5) is 5.69 Å². The Morgan fingerprint density at radius 1 is 1.25 bits per heavy atom. The summed E-state index contributed by atoms with van der Waals surface area (Å²) in [5, 5.41) is 15.6. The Morgan fingerprint density at radius 2 is 1.93 bits per heavy atom. The van der Waals surface area contributed by atoms with E-state index in [1.54, 1.807) is 18.2 Å². The van der Waals surface area contributed by atoms with Gasteiger partial charge in [0.2, 0.25) is 0 Å². The van der Waals surface area contributed by atoms with Gasteiger partial charge in [-0.05, 0) is 36.8 Å². The van der Waals surface area contributed by atoms with Crippen molar-refractivity contribution >= 4 is 29.4 Å². The molecule has 0 saturated heterocycles. The minimum atomic E-state index is -0.586. The van der Waals surface area contributed by atoms with Crippen LogP contribution in [0, 0.1) is 17.0 Å². The van der Waals surface area contributed by atoms with Crippen LogP contribution in [0.25, 0.3) is 0 Å². The Labute approximate surface area is 166 Å². The fourth-order valence-electron chi connectivity index (χ4n) is 2.21. The minimum Gasteiger partial charge on any atom is -0.493 e. The van der Waals surface area contributed by atoms with E-state index in [2.05, 4.69) is 10.5 Å². The molecule has 0 aliphatic heterocycles. The Morgan fingerprint density at radius 3 is 2.54 bits per heavy atom. The van der Waals surface area contributed by atoms with E-state index in [0.717, 1.165) is 11.8 Å². The number of hydrazone groups is 1. The van der Waals surface area contributed by atoms with Gasteiger partial charge in [-0.15, -0.1) is 0 Å². The molecule has 9 nitrogen and oxygen atoms in total. The first-order chi connectivity index (χ1) is 13.3. The summed E-state index contributed by atoms with van der Waals surface area (Å²) in [6, 6.07) is 7.61. The summed E-state index contributed by atoms with van der Waals surface area (Å²) < 4.78 is 15.5. The number of nitro benzene ring substituents is 1. The van der Waals surface area contributed by atoms with Crippen molar-refractivity contribution in [1.82, 2.24) is 5.43 Å². The van der Waals surface area contributed by atoms with Crippen LogP contribution in [0.5, 0.6) is 17.2 Å². The molecular weight excluding hydrogens is 390 g/mol. The number of carbonyl (C=O) groups excluding carboxylic acids is 1. The van der Waals surface area contributed by atoms with Crippen molar-refractivity contribution in [2.24, 2.45) is 5.10 Å². The minimum absolute atomic E-state index is 0.136. The number of hydrogen-bond acceptors (Lipinski definition) is 7. The second kappa shape index (κ2) is 9.56. The zero-order valence-electron chi connectivity index (χ0n) is 15.4. The van der Waals surface area contributed by atoms with Gasteiger partial charge in [-0.1, -0.05) is 11.6 Å². The van der Waals surface area contributed by atoms with Crippen molar-refractivity contribution in [2.45, 2.75) is 6.92 Å². The number of ether oxygens (including phenoxy) is 3. The summed E-state index contributed by atoms with van der Waals surface area (Å²) in [6.45, 7) is 1.53. The second-order valence-electron chi connectivity index (χ2n) is 5.52. The molecule has 2 rings (SSSR count). The SMILES string of the molecule is COc1cc(/C=N\NC(=O)COc2ccc(Cl)c(C)c2)c([N+](=O)[O-])cc1OC. The number of halogens is 1. The Hall–Kier alpha value is -3.33. The number of aryl methyl sites for hydroxylation is 1. The number of nitro groups is 1. The van der Waals surface area contributed by atoms with Crippen LogP contribution in [-0.2, 0) is 4.79 Å². The number of nitrogens with one attached hydrogen (secondary N) is 1. The fourth-order valence-corrected chi connectivity index (χ4v) is 2.32.